The van der Waals surface area contributed by atoms with Crippen molar-refractivity contribution >= 4 is 5.78 Å². The molecule has 1 atom stereocenters. The van der Waals surface area contributed by atoms with Crippen molar-refractivity contribution in [2.24, 2.45) is 0 Å². The van der Waals surface area contributed by atoms with Crippen LogP contribution in [0.15, 0.2) is 12.1 Å². The third-order valence-corrected chi connectivity index (χ3v) is 3.59. The van der Waals surface area contributed by atoms with Gasteiger partial charge in [0.1, 0.15) is 11.5 Å². The largest absolute Gasteiger partial charge is 0.497 e. The highest BCUT2D eigenvalue weighted by molar-refractivity contribution is 5.84. The maximum Gasteiger partial charge on any atom is 0.149 e. The fraction of sp³-hybridized carbons (Fsp3) is 0.588. The molecule has 0 aromatic heterocycles. The fourth-order valence-corrected chi connectivity index (χ4v) is 2.51. The van der Waals surface area contributed by atoms with Gasteiger partial charge in [-0.05, 0) is 49.1 Å². The number of carbonyl (C=O) groups excluding carboxylic acids is 1. The summed E-state index contributed by atoms with van der Waals surface area (Å²) in [6.45, 7) is 10.2. The van der Waals surface area contributed by atoms with Gasteiger partial charge in [-0.25, -0.2) is 0 Å². The zero-order valence-electron chi connectivity index (χ0n) is 13.5. The molecule has 0 heterocycles. The monoisotopic (exact) mass is 277 g/mol. The van der Waals surface area contributed by atoms with Crippen LogP contribution in [0.25, 0.3) is 0 Å². The molecule has 0 saturated heterocycles. The molecule has 1 unspecified atom stereocenters. The Morgan fingerprint density at radius 3 is 2.20 bits per heavy atom. The lowest BCUT2D eigenvalue weighted by molar-refractivity contribution is -0.120. The number of ether oxygens (including phenoxy) is 1. The van der Waals surface area contributed by atoms with E-state index in [0.717, 1.165) is 12.2 Å². The van der Waals surface area contributed by atoms with Crippen molar-refractivity contribution < 1.29 is 9.53 Å². The summed E-state index contributed by atoms with van der Waals surface area (Å²) in [6.07, 6.45) is 1.31. The first-order valence-corrected chi connectivity index (χ1v) is 7.31. The Bertz CT molecular complexity index is 443. The molecule has 1 aromatic carbocycles. The number of ketones is 1. The Morgan fingerprint density at radius 2 is 1.80 bits per heavy atom. The first-order valence-electron chi connectivity index (χ1n) is 7.31. The minimum absolute atomic E-state index is 0.106. The summed E-state index contributed by atoms with van der Waals surface area (Å²) in [5, 5.41) is 3.38. The summed E-state index contributed by atoms with van der Waals surface area (Å²) in [4.78, 5) is 12.1. The summed E-state index contributed by atoms with van der Waals surface area (Å²) in [5.74, 6) is 1.15. The smallest absolute Gasteiger partial charge is 0.149 e. The first-order chi connectivity index (χ1) is 9.38. The van der Waals surface area contributed by atoms with Crippen molar-refractivity contribution in [3.05, 3.63) is 28.8 Å². The van der Waals surface area contributed by atoms with Gasteiger partial charge in [0.2, 0.25) is 0 Å². The van der Waals surface area contributed by atoms with Crippen LogP contribution in [-0.4, -0.2) is 25.0 Å². The number of rotatable bonds is 7. The molecule has 112 valence electrons. The van der Waals surface area contributed by atoms with Gasteiger partial charge in [-0.1, -0.05) is 20.8 Å². The Kier molecular flexibility index (Phi) is 6.21. The number of hydrogen-bond acceptors (Lipinski definition) is 3. The second-order valence-electron chi connectivity index (χ2n) is 5.64. The molecule has 3 heteroatoms. The lowest BCUT2D eigenvalue weighted by Crippen LogP contribution is -2.42. The molecule has 1 aromatic rings. The fourth-order valence-electron chi connectivity index (χ4n) is 2.51. The molecule has 0 radical (unpaired) electrons. The second kappa shape index (κ2) is 7.44. The van der Waals surface area contributed by atoms with E-state index in [2.05, 4.69) is 33.0 Å². The molecule has 1 rings (SSSR count). The summed E-state index contributed by atoms with van der Waals surface area (Å²) in [6, 6.07) is 4.26. The summed E-state index contributed by atoms with van der Waals surface area (Å²) in [5.41, 5.74) is 3.60. The third-order valence-electron chi connectivity index (χ3n) is 3.59. The number of nitrogens with one attached hydrogen (secondary N) is 1. The number of Topliss-reactive ketones (excluding diaryl/α,β-unsaturated/α-hetero) is 1. The SMILES string of the molecule is CCC(=O)C(Cc1c(C)cc(OC)cc1C)NC(C)C. The molecule has 0 amide bonds. The van der Waals surface area contributed by atoms with Crippen LogP contribution >= 0.6 is 0 Å². The van der Waals surface area contributed by atoms with Crippen LogP contribution < -0.4 is 10.1 Å². The summed E-state index contributed by atoms with van der Waals surface area (Å²) >= 11 is 0. The van der Waals surface area contributed by atoms with E-state index in [0.29, 0.717) is 12.5 Å². The van der Waals surface area contributed by atoms with Crippen molar-refractivity contribution in [3.8, 4) is 5.75 Å². The second-order valence-corrected chi connectivity index (χ2v) is 5.64. The highest BCUT2D eigenvalue weighted by Gasteiger charge is 2.20. The maximum atomic E-state index is 12.1. The van der Waals surface area contributed by atoms with E-state index < -0.39 is 0 Å². The van der Waals surface area contributed by atoms with E-state index in [-0.39, 0.29) is 11.8 Å². The van der Waals surface area contributed by atoms with E-state index >= 15 is 0 Å². The van der Waals surface area contributed by atoms with Crippen molar-refractivity contribution in [2.45, 2.75) is 59.5 Å². The zero-order chi connectivity index (χ0) is 15.3. The van der Waals surface area contributed by atoms with Gasteiger partial charge >= 0.3 is 0 Å². The van der Waals surface area contributed by atoms with Gasteiger partial charge in [0, 0.05) is 12.5 Å². The Morgan fingerprint density at radius 1 is 1.25 bits per heavy atom. The van der Waals surface area contributed by atoms with Gasteiger partial charge in [0.05, 0.1) is 13.2 Å². The van der Waals surface area contributed by atoms with Crippen LogP contribution in [0.5, 0.6) is 5.75 Å². The van der Waals surface area contributed by atoms with Crippen molar-refractivity contribution in [2.75, 3.05) is 7.11 Å². The average Bonchev–Trinajstić information content (AvgIpc) is 2.39. The number of hydrogen-bond donors (Lipinski definition) is 1. The summed E-state index contributed by atoms with van der Waals surface area (Å²) < 4.78 is 5.29. The zero-order valence-corrected chi connectivity index (χ0v) is 13.5. The van der Waals surface area contributed by atoms with Gasteiger partial charge in [-0.2, -0.15) is 0 Å². The highest BCUT2D eigenvalue weighted by atomic mass is 16.5. The number of carbonyl (C=O) groups is 1. The van der Waals surface area contributed by atoms with Crippen LogP contribution in [0.3, 0.4) is 0 Å². The highest BCUT2D eigenvalue weighted by Crippen LogP contribution is 2.23. The normalized spacial score (nSPS) is 12.6. The topological polar surface area (TPSA) is 38.3 Å². The van der Waals surface area contributed by atoms with Crippen molar-refractivity contribution in [1.29, 1.82) is 0 Å². The van der Waals surface area contributed by atoms with Crippen LogP contribution in [0.2, 0.25) is 0 Å². The average molecular weight is 277 g/mol. The summed E-state index contributed by atoms with van der Waals surface area (Å²) in [7, 11) is 1.68. The first kappa shape index (κ1) is 16.7. The number of aryl methyl sites for hydroxylation is 2. The molecular formula is C17H27NO2. The lowest BCUT2D eigenvalue weighted by atomic mass is 9.93. The quantitative estimate of drug-likeness (QED) is 0.831. The number of benzene rings is 1. The van der Waals surface area contributed by atoms with Gasteiger partial charge in [0.25, 0.3) is 0 Å². The van der Waals surface area contributed by atoms with Crippen LogP contribution in [0.1, 0.15) is 43.9 Å². The van der Waals surface area contributed by atoms with Crippen LogP contribution in [0.4, 0.5) is 0 Å². The molecule has 3 nitrogen and oxygen atoms in total. The van der Waals surface area contributed by atoms with Gasteiger partial charge in [-0.3, -0.25) is 4.79 Å². The number of methoxy groups -OCH3 is 1. The predicted molar refractivity (Wildman–Crippen MR) is 83.5 cm³/mol. The van der Waals surface area contributed by atoms with E-state index in [1.807, 2.05) is 19.1 Å². The Labute approximate surface area is 122 Å². The minimum Gasteiger partial charge on any atom is -0.497 e. The molecule has 0 fully saturated rings. The van der Waals surface area contributed by atoms with E-state index in [1.54, 1.807) is 7.11 Å². The van der Waals surface area contributed by atoms with Crippen LogP contribution in [0, 0.1) is 13.8 Å². The van der Waals surface area contributed by atoms with Crippen molar-refractivity contribution in [1.82, 2.24) is 5.32 Å². The minimum atomic E-state index is -0.106. The molecular weight excluding hydrogens is 250 g/mol. The van der Waals surface area contributed by atoms with E-state index in [1.165, 1.54) is 16.7 Å². The van der Waals surface area contributed by atoms with E-state index in [9.17, 15) is 4.79 Å². The molecule has 0 bridgehead atoms. The van der Waals surface area contributed by atoms with Gasteiger partial charge in [0.15, 0.2) is 0 Å². The molecule has 0 saturated carbocycles. The van der Waals surface area contributed by atoms with Gasteiger partial charge < -0.3 is 10.1 Å². The Hall–Kier alpha value is -1.35. The molecule has 0 aliphatic carbocycles. The third kappa shape index (κ3) is 4.34. The van der Waals surface area contributed by atoms with Gasteiger partial charge in [-0.15, -0.1) is 0 Å². The standard InChI is InChI=1S/C17H27NO2/c1-7-17(19)16(18-11(2)3)10-15-12(4)8-14(20-6)9-13(15)5/h8-9,11,16,18H,7,10H2,1-6H3. The lowest BCUT2D eigenvalue weighted by Gasteiger charge is -2.22. The van der Waals surface area contributed by atoms with Crippen molar-refractivity contribution in [3.63, 3.8) is 0 Å². The Balaban J connectivity index is 3.01. The van der Waals surface area contributed by atoms with E-state index in [4.69, 9.17) is 4.74 Å². The maximum absolute atomic E-state index is 12.1. The molecule has 0 spiro atoms. The van der Waals surface area contributed by atoms with Crippen LogP contribution in [-0.2, 0) is 11.2 Å². The predicted octanol–water partition coefficient (Wildman–Crippen LogP) is 3.20. The molecule has 0 aliphatic heterocycles. The molecule has 1 N–H and O–H groups in total. The molecule has 20 heavy (non-hydrogen) atoms. The molecule has 0 aliphatic rings.